The van der Waals surface area contributed by atoms with Crippen molar-refractivity contribution < 1.29 is 9.13 Å². The van der Waals surface area contributed by atoms with Gasteiger partial charge >= 0.3 is 0 Å². The topological polar surface area (TPSA) is 27.1 Å². The minimum atomic E-state index is -0.189. The Balaban J connectivity index is 1.92. The lowest BCUT2D eigenvalue weighted by molar-refractivity contribution is 0.183. The maximum absolute atomic E-state index is 13.9. The van der Waals surface area contributed by atoms with Gasteiger partial charge in [-0.15, -0.1) is 11.6 Å². The van der Waals surface area contributed by atoms with Crippen LogP contribution in [0.3, 0.4) is 0 Å². The third kappa shape index (κ3) is 3.35. The van der Waals surface area contributed by atoms with Gasteiger partial charge in [0, 0.05) is 38.1 Å². The zero-order valence-electron chi connectivity index (χ0n) is 11.6. The van der Waals surface area contributed by atoms with Gasteiger partial charge in [-0.3, -0.25) is 0 Å². The highest BCUT2D eigenvalue weighted by Gasteiger charge is 2.18. The molecule has 0 N–H and O–H groups in total. The monoisotopic (exact) mass is 422 g/mol. The molecule has 0 amide bonds. The van der Waals surface area contributed by atoms with Crippen molar-refractivity contribution in [2.75, 3.05) is 19.1 Å². The summed E-state index contributed by atoms with van der Waals surface area (Å²) in [6, 6.07) is 3.39. The van der Waals surface area contributed by atoms with Crippen LogP contribution < -0.4 is 0 Å². The van der Waals surface area contributed by atoms with Crippen molar-refractivity contribution in [3.63, 3.8) is 0 Å². The average molecular weight is 423 g/mol. The molecule has 1 aliphatic heterocycles. The second-order valence-corrected chi connectivity index (χ2v) is 6.93. The van der Waals surface area contributed by atoms with Gasteiger partial charge in [0.2, 0.25) is 0 Å². The molecule has 1 aromatic heterocycles. The highest BCUT2D eigenvalue weighted by molar-refractivity contribution is 14.1. The van der Waals surface area contributed by atoms with Crippen molar-refractivity contribution in [2.45, 2.75) is 25.8 Å². The van der Waals surface area contributed by atoms with E-state index in [0.717, 1.165) is 49.5 Å². The molecule has 1 aliphatic rings. The number of rotatable bonds is 5. The molecule has 1 saturated heterocycles. The van der Waals surface area contributed by atoms with Gasteiger partial charge in [0.05, 0.1) is 14.6 Å². The fourth-order valence-corrected chi connectivity index (χ4v) is 3.44. The average Bonchev–Trinajstić information content (AvgIpc) is 3.06. The van der Waals surface area contributed by atoms with Gasteiger partial charge in [-0.2, -0.15) is 0 Å². The number of imidazole rings is 1. The van der Waals surface area contributed by atoms with Crippen LogP contribution in [0.1, 0.15) is 18.7 Å². The van der Waals surface area contributed by atoms with Crippen LogP contribution in [0.15, 0.2) is 12.1 Å². The van der Waals surface area contributed by atoms with E-state index in [1.165, 1.54) is 0 Å². The molecule has 0 spiro atoms. The molecular weight excluding hydrogens is 406 g/mol. The molecular formula is C15H17ClFIN2O. The number of halogens is 3. The quantitative estimate of drug-likeness (QED) is 0.538. The molecule has 1 atom stereocenters. The highest BCUT2D eigenvalue weighted by atomic mass is 127. The number of hydrogen-bond donors (Lipinski definition) is 0. The summed E-state index contributed by atoms with van der Waals surface area (Å²) in [5.41, 5.74) is 1.72. The molecule has 0 aliphatic carbocycles. The molecule has 3 rings (SSSR count). The Hall–Kier alpha value is -0.400. The molecule has 0 bridgehead atoms. The maximum Gasteiger partial charge on any atom is 0.138 e. The number of nitrogens with zero attached hydrogens (tertiary/aromatic N) is 2. The van der Waals surface area contributed by atoms with Crippen LogP contribution in [-0.4, -0.2) is 28.6 Å². The molecule has 3 nitrogen and oxygen atoms in total. The van der Waals surface area contributed by atoms with Crippen LogP contribution in [0.25, 0.3) is 11.0 Å². The van der Waals surface area contributed by atoms with E-state index in [1.54, 1.807) is 12.1 Å². The van der Waals surface area contributed by atoms with E-state index in [2.05, 4.69) is 9.55 Å². The maximum atomic E-state index is 13.9. The molecule has 1 unspecified atom stereocenters. The Morgan fingerprint density at radius 2 is 2.33 bits per heavy atom. The zero-order chi connectivity index (χ0) is 14.8. The van der Waals surface area contributed by atoms with Crippen molar-refractivity contribution in [1.29, 1.82) is 0 Å². The third-order valence-electron chi connectivity index (χ3n) is 3.97. The molecule has 1 fully saturated rings. The van der Waals surface area contributed by atoms with Gasteiger partial charge < -0.3 is 9.30 Å². The summed E-state index contributed by atoms with van der Waals surface area (Å²) in [6.45, 7) is 2.54. The summed E-state index contributed by atoms with van der Waals surface area (Å²) >= 11 is 7.88. The third-order valence-corrected chi connectivity index (χ3v) is 4.99. The first-order valence-electron chi connectivity index (χ1n) is 7.17. The standard InChI is InChI=1S/C15H17ClFIN2O/c16-4-1-15-19-13-8-12(18)11(17)7-14(13)20(15)5-2-10-3-6-21-9-10/h7-8,10H,1-6,9H2. The van der Waals surface area contributed by atoms with E-state index in [0.29, 0.717) is 21.8 Å². The van der Waals surface area contributed by atoms with Crippen molar-refractivity contribution in [3.8, 4) is 0 Å². The lowest BCUT2D eigenvalue weighted by Crippen LogP contribution is -2.09. The summed E-state index contributed by atoms with van der Waals surface area (Å²) in [4.78, 5) is 4.63. The molecule has 1 aromatic carbocycles. The largest absolute Gasteiger partial charge is 0.381 e. The number of fused-ring (bicyclic) bond motifs is 1. The Morgan fingerprint density at radius 1 is 1.48 bits per heavy atom. The van der Waals surface area contributed by atoms with Crippen LogP contribution in [0.2, 0.25) is 0 Å². The molecule has 21 heavy (non-hydrogen) atoms. The van der Waals surface area contributed by atoms with E-state index in [-0.39, 0.29) is 5.82 Å². The zero-order valence-corrected chi connectivity index (χ0v) is 14.5. The first-order valence-corrected chi connectivity index (χ1v) is 8.78. The van der Waals surface area contributed by atoms with E-state index < -0.39 is 0 Å². The molecule has 114 valence electrons. The van der Waals surface area contributed by atoms with Gasteiger partial charge in [0.25, 0.3) is 0 Å². The van der Waals surface area contributed by atoms with Gasteiger partial charge in [-0.1, -0.05) is 0 Å². The lowest BCUT2D eigenvalue weighted by atomic mass is 10.1. The Morgan fingerprint density at radius 3 is 3.05 bits per heavy atom. The summed E-state index contributed by atoms with van der Waals surface area (Å²) in [5, 5.41) is 0. The van der Waals surface area contributed by atoms with Crippen molar-refractivity contribution >= 4 is 45.2 Å². The summed E-state index contributed by atoms with van der Waals surface area (Å²) in [6.07, 6.45) is 2.85. The Bertz CT molecular complexity index is 640. The Kier molecular flexibility index (Phi) is 5.01. The molecule has 2 aromatic rings. The van der Waals surface area contributed by atoms with E-state index >= 15 is 0 Å². The highest BCUT2D eigenvalue weighted by Crippen LogP contribution is 2.24. The predicted octanol–water partition coefficient (Wildman–Crippen LogP) is 3.99. The second kappa shape index (κ2) is 6.79. The van der Waals surface area contributed by atoms with Gasteiger partial charge in [-0.05, 0) is 47.4 Å². The number of aromatic nitrogens is 2. The van der Waals surface area contributed by atoms with Crippen molar-refractivity contribution in [2.24, 2.45) is 5.92 Å². The number of hydrogen-bond acceptors (Lipinski definition) is 2. The number of ether oxygens (including phenoxy) is 1. The fourth-order valence-electron chi connectivity index (χ4n) is 2.82. The van der Waals surface area contributed by atoms with E-state index in [1.807, 2.05) is 22.6 Å². The molecule has 2 heterocycles. The normalized spacial score (nSPS) is 18.7. The van der Waals surface area contributed by atoms with Crippen LogP contribution in [0.4, 0.5) is 4.39 Å². The summed E-state index contributed by atoms with van der Waals surface area (Å²) in [5.74, 6) is 1.88. The number of aryl methyl sites for hydroxylation is 2. The minimum absolute atomic E-state index is 0.189. The van der Waals surface area contributed by atoms with Crippen LogP contribution >= 0.6 is 34.2 Å². The predicted molar refractivity (Wildman–Crippen MR) is 90.4 cm³/mol. The van der Waals surface area contributed by atoms with Gasteiger partial charge in [-0.25, -0.2) is 9.37 Å². The SMILES string of the molecule is Fc1cc2c(cc1I)nc(CCCl)n2CCC1CCOC1. The fraction of sp³-hybridized carbons (Fsp3) is 0.533. The van der Waals surface area contributed by atoms with Crippen molar-refractivity contribution in [1.82, 2.24) is 9.55 Å². The molecule has 0 radical (unpaired) electrons. The van der Waals surface area contributed by atoms with Crippen molar-refractivity contribution in [3.05, 3.63) is 27.3 Å². The summed E-state index contributed by atoms with van der Waals surface area (Å²) in [7, 11) is 0. The minimum Gasteiger partial charge on any atom is -0.381 e. The number of alkyl halides is 1. The molecule has 6 heteroatoms. The van der Waals surface area contributed by atoms with Crippen LogP contribution in [0.5, 0.6) is 0 Å². The molecule has 0 saturated carbocycles. The lowest BCUT2D eigenvalue weighted by Gasteiger charge is -2.12. The smallest absolute Gasteiger partial charge is 0.138 e. The number of benzene rings is 1. The van der Waals surface area contributed by atoms with Gasteiger partial charge in [0.15, 0.2) is 0 Å². The summed E-state index contributed by atoms with van der Waals surface area (Å²) < 4.78 is 22.0. The first-order chi connectivity index (χ1) is 10.2. The second-order valence-electron chi connectivity index (χ2n) is 5.39. The van der Waals surface area contributed by atoms with Crippen LogP contribution in [-0.2, 0) is 17.7 Å². The Labute approximate surface area is 142 Å². The van der Waals surface area contributed by atoms with Gasteiger partial charge in [0.1, 0.15) is 11.6 Å². The van der Waals surface area contributed by atoms with Crippen LogP contribution in [0, 0.1) is 15.3 Å². The first kappa shape index (κ1) is 15.5. The van der Waals surface area contributed by atoms with E-state index in [9.17, 15) is 4.39 Å². The van der Waals surface area contributed by atoms with E-state index in [4.69, 9.17) is 16.3 Å².